The number of nitrogens with two attached hydrogens (primary N) is 1. The standard InChI is InChI=1S/C11H13N3O2/c1-7(2)16-11-9(10(12)15)8-5-3-4-6-14(8)13-11/h3-7H,1-2H3,(H2,12,15). The molecule has 0 saturated carbocycles. The Bertz CT molecular complexity index is 531. The number of fused-ring (bicyclic) bond motifs is 1. The van der Waals surface area contributed by atoms with Crippen LogP contribution in [0, 0.1) is 0 Å². The topological polar surface area (TPSA) is 69.6 Å². The highest BCUT2D eigenvalue weighted by Crippen LogP contribution is 2.22. The predicted octanol–water partition coefficient (Wildman–Crippen LogP) is 1.22. The third-order valence-corrected chi connectivity index (χ3v) is 2.10. The number of aromatic nitrogens is 2. The molecule has 2 heterocycles. The Balaban J connectivity index is 2.63. The number of primary amides is 1. The summed E-state index contributed by atoms with van der Waals surface area (Å²) in [5.41, 5.74) is 6.31. The highest BCUT2D eigenvalue weighted by Gasteiger charge is 2.19. The molecule has 2 aromatic rings. The van der Waals surface area contributed by atoms with Crippen LogP contribution in [0.2, 0.25) is 0 Å². The summed E-state index contributed by atoms with van der Waals surface area (Å²) in [6.07, 6.45) is 1.69. The van der Waals surface area contributed by atoms with Crippen molar-refractivity contribution < 1.29 is 9.53 Å². The van der Waals surface area contributed by atoms with Gasteiger partial charge in [0.25, 0.3) is 5.91 Å². The van der Waals surface area contributed by atoms with Crippen molar-refractivity contribution in [2.24, 2.45) is 5.73 Å². The number of rotatable bonds is 3. The maximum absolute atomic E-state index is 11.4. The van der Waals surface area contributed by atoms with E-state index in [4.69, 9.17) is 10.5 Å². The van der Waals surface area contributed by atoms with Gasteiger partial charge >= 0.3 is 0 Å². The molecule has 5 nitrogen and oxygen atoms in total. The van der Waals surface area contributed by atoms with E-state index >= 15 is 0 Å². The van der Waals surface area contributed by atoms with Gasteiger partial charge in [0.15, 0.2) is 0 Å². The number of nitrogens with zero attached hydrogens (tertiary/aromatic N) is 2. The lowest BCUT2D eigenvalue weighted by Crippen LogP contribution is -2.14. The minimum atomic E-state index is -0.531. The van der Waals surface area contributed by atoms with Crippen molar-refractivity contribution in [1.29, 1.82) is 0 Å². The van der Waals surface area contributed by atoms with Gasteiger partial charge in [0.1, 0.15) is 5.56 Å². The average molecular weight is 219 g/mol. The van der Waals surface area contributed by atoms with Crippen LogP contribution in [-0.2, 0) is 0 Å². The van der Waals surface area contributed by atoms with E-state index in [9.17, 15) is 4.79 Å². The highest BCUT2D eigenvalue weighted by atomic mass is 16.5. The smallest absolute Gasteiger partial charge is 0.256 e. The van der Waals surface area contributed by atoms with E-state index in [1.807, 2.05) is 26.0 Å². The number of carbonyl (C=O) groups is 1. The van der Waals surface area contributed by atoms with E-state index in [-0.39, 0.29) is 12.0 Å². The second kappa shape index (κ2) is 3.84. The molecule has 0 atom stereocenters. The van der Waals surface area contributed by atoms with Gasteiger partial charge in [0.05, 0.1) is 11.6 Å². The quantitative estimate of drug-likeness (QED) is 0.843. The summed E-state index contributed by atoms with van der Waals surface area (Å²) in [6.45, 7) is 3.74. The number of hydrogen-bond donors (Lipinski definition) is 1. The molecule has 0 aliphatic rings. The predicted molar refractivity (Wildman–Crippen MR) is 59.5 cm³/mol. The van der Waals surface area contributed by atoms with E-state index in [1.165, 1.54) is 0 Å². The maximum atomic E-state index is 11.4. The first-order valence-corrected chi connectivity index (χ1v) is 5.03. The molecular weight excluding hydrogens is 206 g/mol. The Morgan fingerprint density at radius 1 is 1.50 bits per heavy atom. The summed E-state index contributed by atoms with van der Waals surface area (Å²) in [5.74, 6) is -0.245. The van der Waals surface area contributed by atoms with E-state index in [2.05, 4.69) is 5.10 Å². The zero-order valence-corrected chi connectivity index (χ0v) is 9.18. The van der Waals surface area contributed by atoms with E-state index in [0.717, 1.165) is 0 Å². The Morgan fingerprint density at radius 2 is 2.25 bits per heavy atom. The molecule has 0 bridgehead atoms. The van der Waals surface area contributed by atoms with E-state index < -0.39 is 5.91 Å². The van der Waals surface area contributed by atoms with Crippen molar-refractivity contribution in [3.05, 3.63) is 30.0 Å². The molecule has 84 valence electrons. The molecule has 0 fully saturated rings. The first-order chi connectivity index (χ1) is 7.59. The third kappa shape index (κ3) is 1.71. The molecule has 5 heteroatoms. The van der Waals surface area contributed by atoms with Gasteiger partial charge in [-0.15, -0.1) is 5.10 Å². The van der Waals surface area contributed by atoms with Gasteiger partial charge in [-0.1, -0.05) is 6.07 Å². The summed E-state index contributed by atoms with van der Waals surface area (Å²) in [5, 5.41) is 4.17. The zero-order valence-electron chi connectivity index (χ0n) is 9.18. The van der Waals surface area contributed by atoms with Gasteiger partial charge in [0, 0.05) is 6.20 Å². The molecule has 0 aliphatic carbocycles. The molecular formula is C11H13N3O2. The molecule has 1 amide bonds. The summed E-state index contributed by atoms with van der Waals surface area (Å²) >= 11 is 0. The minimum absolute atomic E-state index is 0.0528. The molecule has 2 rings (SSSR count). The Kier molecular flexibility index (Phi) is 2.52. The van der Waals surface area contributed by atoms with Crippen LogP contribution in [0.3, 0.4) is 0 Å². The van der Waals surface area contributed by atoms with Gasteiger partial charge < -0.3 is 10.5 Å². The minimum Gasteiger partial charge on any atom is -0.473 e. The number of amides is 1. The number of pyridine rings is 1. The lowest BCUT2D eigenvalue weighted by molar-refractivity contribution is 0.0996. The normalized spacial score (nSPS) is 10.9. The van der Waals surface area contributed by atoms with E-state index in [1.54, 1.807) is 16.8 Å². The molecule has 0 aromatic carbocycles. The fourth-order valence-electron chi connectivity index (χ4n) is 1.51. The second-order valence-electron chi connectivity index (χ2n) is 3.74. The zero-order chi connectivity index (χ0) is 11.7. The van der Waals surface area contributed by atoms with Gasteiger partial charge in [-0.05, 0) is 26.0 Å². The van der Waals surface area contributed by atoms with Crippen molar-refractivity contribution in [3.8, 4) is 5.88 Å². The first kappa shape index (κ1) is 10.5. The SMILES string of the molecule is CC(C)Oc1nn2ccccc2c1C(N)=O. The summed E-state index contributed by atoms with van der Waals surface area (Å²) in [4.78, 5) is 11.4. The molecule has 0 unspecified atom stereocenters. The fourth-order valence-corrected chi connectivity index (χ4v) is 1.51. The van der Waals surface area contributed by atoms with Crippen molar-refractivity contribution >= 4 is 11.4 Å². The van der Waals surface area contributed by atoms with Gasteiger partial charge in [-0.25, -0.2) is 4.52 Å². The van der Waals surface area contributed by atoms with Crippen LogP contribution in [0.1, 0.15) is 24.2 Å². The van der Waals surface area contributed by atoms with E-state index in [0.29, 0.717) is 11.1 Å². The van der Waals surface area contributed by atoms with Crippen molar-refractivity contribution in [3.63, 3.8) is 0 Å². The van der Waals surface area contributed by atoms with Crippen molar-refractivity contribution in [2.45, 2.75) is 20.0 Å². The van der Waals surface area contributed by atoms with Gasteiger partial charge in [-0.3, -0.25) is 4.79 Å². The number of ether oxygens (including phenoxy) is 1. The van der Waals surface area contributed by atoms with Crippen molar-refractivity contribution in [1.82, 2.24) is 9.61 Å². The lowest BCUT2D eigenvalue weighted by atomic mass is 10.2. The fraction of sp³-hybridized carbons (Fsp3) is 0.273. The van der Waals surface area contributed by atoms with Crippen LogP contribution in [-0.4, -0.2) is 21.6 Å². The van der Waals surface area contributed by atoms with Gasteiger partial charge in [0.2, 0.25) is 5.88 Å². The molecule has 16 heavy (non-hydrogen) atoms. The third-order valence-electron chi connectivity index (χ3n) is 2.10. The largest absolute Gasteiger partial charge is 0.473 e. The molecule has 0 spiro atoms. The van der Waals surface area contributed by atoms with Crippen LogP contribution in [0.5, 0.6) is 5.88 Å². The van der Waals surface area contributed by atoms with Crippen LogP contribution in [0.25, 0.3) is 5.52 Å². The Hall–Kier alpha value is -2.04. The molecule has 2 aromatic heterocycles. The van der Waals surface area contributed by atoms with Crippen LogP contribution >= 0.6 is 0 Å². The molecule has 2 N–H and O–H groups in total. The summed E-state index contributed by atoms with van der Waals surface area (Å²) in [7, 11) is 0. The number of hydrogen-bond acceptors (Lipinski definition) is 3. The summed E-state index contributed by atoms with van der Waals surface area (Å²) < 4.78 is 7.04. The van der Waals surface area contributed by atoms with Crippen LogP contribution in [0.4, 0.5) is 0 Å². The summed E-state index contributed by atoms with van der Waals surface area (Å²) in [6, 6.07) is 5.42. The monoisotopic (exact) mass is 219 g/mol. The lowest BCUT2D eigenvalue weighted by Gasteiger charge is -2.06. The maximum Gasteiger partial charge on any atom is 0.256 e. The number of carbonyl (C=O) groups excluding carboxylic acids is 1. The Labute approximate surface area is 92.8 Å². The second-order valence-corrected chi connectivity index (χ2v) is 3.74. The molecule has 0 aliphatic heterocycles. The first-order valence-electron chi connectivity index (χ1n) is 5.03. The Morgan fingerprint density at radius 3 is 2.88 bits per heavy atom. The van der Waals surface area contributed by atoms with Crippen LogP contribution in [0.15, 0.2) is 24.4 Å². The van der Waals surface area contributed by atoms with Gasteiger partial charge in [-0.2, -0.15) is 0 Å². The average Bonchev–Trinajstić information content (AvgIpc) is 2.53. The van der Waals surface area contributed by atoms with Crippen molar-refractivity contribution in [2.75, 3.05) is 0 Å². The molecule has 0 saturated heterocycles. The van der Waals surface area contributed by atoms with Crippen LogP contribution < -0.4 is 10.5 Å². The highest BCUT2D eigenvalue weighted by molar-refractivity contribution is 6.02. The molecule has 0 radical (unpaired) electrons.